The van der Waals surface area contributed by atoms with Crippen molar-refractivity contribution >= 4 is 43.7 Å². The second kappa shape index (κ2) is 14.1. The van der Waals surface area contributed by atoms with Gasteiger partial charge in [0, 0.05) is 43.1 Å². The van der Waals surface area contributed by atoms with Gasteiger partial charge in [0.05, 0.1) is 23.9 Å². The fourth-order valence-corrected chi connectivity index (χ4v) is 5.81. The van der Waals surface area contributed by atoms with Crippen molar-refractivity contribution < 1.29 is 22.7 Å². The summed E-state index contributed by atoms with van der Waals surface area (Å²) < 4.78 is 40.3. The molecule has 0 aliphatic heterocycles. The normalized spacial score (nSPS) is 12.3. The Morgan fingerprint density at radius 3 is 2.58 bits per heavy atom. The van der Waals surface area contributed by atoms with E-state index in [-0.39, 0.29) is 18.3 Å². The molecule has 4 N–H and O–H groups in total. The number of ether oxygens (including phenoxy) is 2. The van der Waals surface area contributed by atoms with Crippen molar-refractivity contribution in [2.24, 2.45) is 0 Å². The van der Waals surface area contributed by atoms with E-state index in [0.29, 0.717) is 48.8 Å². The van der Waals surface area contributed by atoms with Crippen LogP contribution in [-0.4, -0.2) is 60.4 Å². The lowest BCUT2D eigenvalue weighted by Crippen LogP contribution is -2.46. The average molecular weight is 577 g/mol. The summed E-state index contributed by atoms with van der Waals surface area (Å²) >= 11 is 0. The number of carbonyl (C=O) groups excluding carboxylic acids is 1. The summed E-state index contributed by atoms with van der Waals surface area (Å²) in [5, 5.41) is 3.78. The van der Waals surface area contributed by atoms with Gasteiger partial charge in [0.2, 0.25) is 15.9 Å². The molecule has 0 atom stereocenters. The van der Waals surface area contributed by atoms with Gasteiger partial charge in [-0.25, -0.2) is 23.1 Å². The number of hydrogen-bond acceptors (Lipinski definition) is 8. The zero-order chi connectivity index (χ0) is 29.3. The molecule has 12 heteroatoms. The molecule has 11 nitrogen and oxygen atoms in total. The third-order valence-electron chi connectivity index (χ3n) is 6.34. The van der Waals surface area contributed by atoms with Gasteiger partial charge < -0.3 is 25.1 Å². The van der Waals surface area contributed by atoms with Gasteiger partial charge in [-0.3, -0.25) is 4.79 Å². The summed E-state index contributed by atoms with van der Waals surface area (Å²) in [5.41, 5.74) is 7.56. The fourth-order valence-electron chi connectivity index (χ4n) is 4.74. The predicted octanol–water partition coefficient (Wildman–Crippen LogP) is 3.89. The number of imidazole rings is 1. The third-order valence-corrected chi connectivity index (χ3v) is 7.27. The topological polar surface area (TPSA) is 150 Å². The Morgan fingerprint density at radius 1 is 1.12 bits per heavy atom. The van der Waals surface area contributed by atoms with Crippen LogP contribution < -0.4 is 20.5 Å². The number of rotatable bonds is 17. The first-order valence-corrected chi connectivity index (χ1v) is 15.9. The van der Waals surface area contributed by atoms with Crippen LogP contribution in [0.4, 0.5) is 5.82 Å². The first-order chi connectivity index (χ1) is 18.9. The second-order valence-electron chi connectivity index (χ2n) is 10.7. The van der Waals surface area contributed by atoms with Crippen LogP contribution in [-0.2, 0) is 32.7 Å². The first kappa shape index (κ1) is 31.6. The third kappa shape index (κ3) is 9.03. The van der Waals surface area contributed by atoms with E-state index in [4.69, 9.17) is 20.2 Å². The SMILES string of the molecule is CCCC(=O)NCCCCCCOc1ccc2c(c1)nc(N)c1nc(COCC)n(CC(C)(C)NS(C)(=O)=O)c12. The van der Waals surface area contributed by atoms with E-state index < -0.39 is 15.6 Å². The number of nitrogen functional groups attached to an aromatic ring is 1. The predicted molar refractivity (Wildman–Crippen MR) is 159 cm³/mol. The van der Waals surface area contributed by atoms with Crippen LogP contribution in [0.1, 0.15) is 72.0 Å². The maximum atomic E-state index is 12.0. The highest BCUT2D eigenvalue weighted by molar-refractivity contribution is 7.88. The number of hydrogen-bond donors (Lipinski definition) is 3. The van der Waals surface area contributed by atoms with Crippen molar-refractivity contribution in [2.45, 2.75) is 84.9 Å². The number of nitrogens with one attached hydrogen (secondary N) is 2. The first-order valence-electron chi connectivity index (χ1n) is 14.0. The smallest absolute Gasteiger partial charge is 0.219 e. The highest BCUT2D eigenvalue weighted by atomic mass is 32.2. The van der Waals surface area contributed by atoms with Gasteiger partial charge in [0.25, 0.3) is 0 Å². The fraction of sp³-hybridized carbons (Fsp3) is 0.607. The number of unbranched alkanes of at least 4 members (excludes halogenated alkanes) is 3. The Balaban J connectivity index is 1.76. The maximum Gasteiger partial charge on any atom is 0.219 e. The molecule has 0 aliphatic carbocycles. The summed E-state index contributed by atoms with van der Waals surface area (Å²) in [7, 11) is -3.43. The standard InChI is InChI=1S/C28H44N6O5S/c1-6-12-24(35)30-15-10-8-9-11-16-39-20-13-14-21-22(17-20)31-27(29)25-26(21)34(23(32-25)18-38-7-2)19-28(3,4)33-40(5,36)37/h13-14,17,33H,6-12,15-16,18-19H2,1-5H3,(H2,29,31)(H,30,35). The van der Waals surface area contributed by atoms with Crippen molar-refractivity contribution in [1.29, 1.82) is 0 Å². The van der Waals surface area contributed by atoms with Crippen molar-refractivity contribution in [2.75, 3.05) is 31.7 Å². The Labute approximate surface area is 237 Å². The van der Waals surface area contributed by atoms with E-state index in [2.05, 4.69) is 15.0 Å². The lowest BCUT2D eigenvalue weighted by Gasteiger charge is -2.27. The molecule has 0 saturated carbocycles. The van der Waals surface area contributed by atoms with E-state index in [0.717, 1.165) is 55.8 Å². The largest absolute Gasteiger partial charge is 0.494 e. The number of nitrogens with zero attached hydrogens (tertiary/aromatic N) is 3. The molecule has 2 heterocycles. The zero-order valence-corrected chi connectivity index (χ0v) is 25.2. The summed E-state index contributed by atoms with van der Waals surface area (Å²) in [5.74, 6) is 1.75. The van der Waals surface area contributed by atoms with Gasteiger partial charge in [-0.15, -0.1) is 0 Å². The Morgan fingerprint density at radius 2 is 1.88 bits per heavy atom. The molecule has 1 aromatic carbocycles. The number of anilines is 1. The minimum atomic E-state index is -3.43. The van der Waals surface area contributed by atoms with E-state index >= 15 is 0 Å². The molecular weight excluding hydrogens is 532 g/mol. The van der Waals surface area contributed by atoms with E-state index in [9.17, 15) is 13.2 Å². The minimum Gasteiger partial charge on any atom is -0.494 e. The van der Waals surface area contributed by atoms with Crippen LogP contribution in [0.3, 0.4) is 0 Å². The molecule has 0 aliphatic rings. The number of aromatic nitrogens is 3. The van der Waals surface area contributed by atoms with Gasteiger partial charge in [-0.2, -0.15) is 0 Å². The lowest BCUT2D eigenvalue weighted by atomic mass is 10.1. The zero-order valence-electron chi connectivity index (χ0n) is 24.4. The van der Waals surface area contributed by atoms with Gasteiger partial charge in [0.15, 0.2) is 5.82 Å². The van der Waals surface area contributed by atoms with E-state index in [1.807, 2.05) is 50.5 Å². The molecule has 222 valence electrons. The number of benzene rings is 1. The molecule has 1 amide bonds. The number of carbonyl (C=O) groups is 1. The van der Waals surface area contributed by atoms with Crippen LogP contribution in [0.5, 0.6) is 5.75 Å². The maximum absolute atomic E-state index is 12.0. The van der Waals surface area contributed by atoms with Gasteiger partial charge in [-0.1, -0.05) is 19.8 Å². The summed E-state index contributed by atoms with van der Waals surface area (Å²) in [4.78, 5) is 20.8. The second-order valence-corrected chi connectivity index (χ2v) is 12.5. The van der Waals surface area contributed by atoms with E-state index in [1.165, 1.54) is 0 Å². The number of amides is 1. The number of nitrogens with two attached hydrogens (primary N) is 1. The van der Waals surface area contributed by atoms with Crippen LogP contribution >= 0.6 is 0 Å². The highest BCUT2D eigenvalue weighted by Crippen LogP contribution is 2.32. The van der Waals surface area contributed by atoms with Crippen molar-refractivity contribution in [3.63, 3.8) is 0 Å². The van der Waals surface area contributed by atoms with Gasteiger partial charge in [-0.05, 0) is 52.2 Å². The number of sulfonamides is 1. The monoisotopic (exact) mass is 576 g/mol. The molecule has 2 aromatic heterocycles. The molecule has 0 saturated heterocycles. The molecule has 0 radical (unpaired) electrons. The van der Waals surface area contributed by atoms with Gasteiger partial charge in [0.1, 0.15) is 23.7 Å². The molecule has 0 spiro atoms. The molecule has 40 heavy (non-hydrogen) atoms. The van der Waals surface area contributed by atoms with Crippen LogP contribution in [0.15, 0.2) is 18.2 Å². The molecule has 3 rings (SSSR count). The van der Waals surface area contributed by atoms with E-state index in [1.54, 1.807) is 0 Å². The van der Waals surface area contributed by atoms with Crippen LogP contribution in [0, 0.1) is 0 Å². The van der Waals surface area contributed by atoms with Crippen molar-refractivity contribution in [3.05, 3.63) is 24.0 Å². The highest BCUT2D eigenvalue weighted by Gasteiger charge is 2.27. The molecule has 0 fully saturated rings. The Kier molecular flexibility index (Phi) is 11.1. The lowest BCUT2D eigenvalue weighted by molar-refractivity contribution is -0.121. The Hall–Kier alpha value is -2.96. The quantitative estimate of drug-likeness (QED) is 0.205. The number of fused-ring (bicyclic) bond motifs is 3. The Bertz CT molecular complexity index is 1400. The molecule has 3 aromatic rings. The minimum absolute atomic E-state index is 0.122. The van der Waals surface area contributed by atoms with Crippen molar-refractivity contribution in [1.82, 2.24) is 24.6 Å². The molecule has 0 unspecified atom stereocenters. The summed E-state index contributed by atoms with van der Waals surface area (Å²) in [6.45, 7) is 9.94. The molecular formula is C28H44N6O5S. The van der Waals surface area contributed by atoms with Crippen LogP contribution in [0.25, 0.3) is 21.9 Å². The van der Waals surface area contributed by atoms with Crippen molar-refractivity contribution in [3.8, 4) is 5.75 Å². The average Bonchev–Trinajstić information content (AvgIpc) is 3.21. The summed E-state index contributed by atoms with van der Waals surface area (Å²) in [6, 6.07) is 5.72. The van der Waals surface area contributed by atoms with Crippen LogP contribution in [0.2, 0.25) is 0 Å². The number of pyridine rings is 1. The van der Waals surface area contributed by atoms with Gasteiger partial charge >= 0.3 is 0 Å². The molecule has 0 bridgehead atoms. The summed E-state index contributed by atoms with van der Waals surface area (Å²) in [6.07, 6.45) is 6.51.